The molecule has 3 atom stereocenters. The number of pyridine rings is 1. The van der Waals surface area contributed by atoms with Crippen LogP contribution in [0.3, 0.4) is 0 Å². The van der Waals surface area contributed by atoms with Gasteiger partial charge in [0.25, 0.3) is 0 Å². The molecule has 3 aliphatic heterocycles. The highest BCUT2D eigenvalue weighted by molar-refractivity contribution is 6.32. The molecule has 3 aromatic rings. The van der Waals surface area contributed by atoms with Crippen molar-refractivity contribution in [2.24, 2.45) is 11.3 Å². The normalized spacial score (nSPS) is 25.0. The standard InChI is InChI=1S/C35H40ClN3O5/c1-22-15-23(16-24-9-12-38(19-28(22)24)26-10-13-43-14-11-26)20-44-33-27(5-3-6-29(33)36)30-7-4-8-32(37-30)39-18-25-17-35(25,34(40)41)31(39)21-42-2/h3-8,15-16,25-26,31H,9-14,17-21H2,1-2H3,(H,40,41)/t25-,31+,35+/m0/s1. The van der Waals surface area contributed by atoms with Crippen LogP contribution in [-0.2, 0) is 33.8 Å². The highest BCUT2D eigenvalue weighted by Crippen LogP contribution is 2.62. The third-order valence-electron chi connectivity index (χ3n) is 10.3. The van der Waals surface area contributed by atoms with Crippen LogP contribution in [0.5, 0.6) is 5.75 Å². The number of halogens is 1. The highest BCUT2D eigenvalue weighted by Gasteiger charge is 2.71. The Bertz CT molecular complexity index is 1560. The first kappa shape index (κ1) is 29.5. The Morgan fingerprint density at radius 2 is 2.00 bits per heavy atom. The molecule has 4 heterocycles. The molecule has 4 aliphatic rings. The van der Waals surface area contributed by atoms with Crippen LogP contribution in [-0.4, -0.2) is 73.1 Å². The lowest BCUT2D eigenvalue weighted by Crippen LogP contribution is -2.43. The molecule has 1 N–H and O–H groups in total. The van der Waals surface area contributed by atoms with Crippen LogP contribution in [0.2, 0.25) is 5.02 Å². The predicted molar refractivity (Wildman–Crippen MR) is 169 cm³/mol. The Kier molecular flexibility index (Phi) is 8.04. The summed E-state index contributed by atoms with van der Waals surface area (Å²) in [6, 6.07) is 16.5. The van der Waals surface area contributed by atoms with Gasteiger partial charge in [0, 0.05) is 51.6 Å². The molecule has 0 bridgehead atoms. The van der Waals surface area contributed by atoms with Crippen LogP contribution in [0.1, 0.15) is 41.5 Å². The minimum Gasteiger partial charge on any atom is -0.487 e. The summed E-state index contributed by atoms with van der Waals surface area (Å²) in [5.74, 6) is 0.700. The average molecular weight is 618 g/mol. The van der Waals surface area contributed by atoms with Crippen LogP contribution in [0.25, 0.3) is 11.3 Å². The van der Waals surface area contributed by atoms with Crippen molar-refractivity contribution in [2.45, 2.75) is 57.8 Å². The van der Waals surface area contributed by atoms with Crippen molar-refractivity contribution in [1.82, 2.24) is 9.88 Å². The van der Waals surface area contributed by atoms with Crippen LogP contribution >= 0.6 is 11.6 Å². The SMILES string of the molecule is COC[C@H]1N(c2cccc(-c3cccc(Cl)c3OCc3cc(C)c4c(c3)CCN(C3CCOCC3)C4)n2)C[C@@H]2C[C@@]21C(=O)O. The van der Waals surface area contributed by atoms with Gasteiger partial charge in [-0.2, -0.15) is 0 Å². The van der Waals surface area contributed by atoms with Crippen LogP contribution < -0.4 is 9.64 Å². The van der Waals surface area contributed by atoms with E-state index in [-0.39, 0.29) is 12.0 Å². The summed E-state index contributed by atoms with van der Waals surface area (Å²) in [6.45, 7) is 7.42. The molecule has 9 heteroatoms. The minimum absolute atomic E-state index is 0.112. The van der Waals surface area contributed by atoms with E-state index in [1.807, 2.05) is 36.4 Å². The van der Waals surface area contributed by atoms with E-state index >= 15 is 0 Å². The fourth-order valence-corrected chi connectivity index (χ4v) is 8.07. The Balaban J connectivity index is 1.10. The van der Waals surface area contributed by atoms with Gasteiger partial charge >= 0.3 is 5.97 Å². The van der Waals surface area contributed by atoms with Crippen molar-refractivity contribution in [3.63, 3.8) is 0 Å². The first-order valence-electron chi connectivity index (χ1n) is 15.7. The van der Waals surface area contributed by atoms with Crippen molar-refractivity contribution in [3.05, 3.63) is 75.8 Å². The number of ether oxygens (including phenoxy) is 3. The van der Waals surface area contributed by atoms with E-state index in [1.54, 1.807) is 7.11 Å². The second-order valence-electron chi connectivity index (χ2n) is 12.8. The number of hydrogen-bond donors (Lipinski definition) is 1. The molecular weight excluding hydrogens is 578 g/mol. The molecule has 1 aliphatic carbocycles. The number of piperidine rings is 1. The maximum Gasteiger partial charge on any atom is 0.312 e. The van der Waals surface area contributed by atoms with Crippen LogP contribution in [0.4, 0.5) is 5.82 Å². The van der Waals surface area contributed by atoms with E-state index in [0.717, 1.165) is 68.2 Å². The number of rotatable bonds is 9. The molecule has 1 saturated carbocycles. The van der Waals surface area contributed by atoms with Gasteiger partial charge in [-0.3, -0.25) is 9.69 Å². The van der Waals surface area contributed by atoms with Gasteiger partial charge in [0.15, 0.2) is 0 Å². The van der Waals surface area contributed by atoms with Gasteiger partial charge in [-0.05, 0) is 85.0 Å². The van der Waals surface area contributed by atoms with Gasteiger partial charge in [0.1, 0.15) is 18.2 Å². The Hall–Kier alpha value is -3.17. The molecule has 2 aromatic carbocycles. The van der Waals surface area contributed by atoms with Crippen molar-refractivity contribution in [2.75, 3.05) is 44.9 Å². The number of aromatic nitrogens is 1. The fraction of sp³-hybridized carbons (Fsp3) is 0.486. The lowest BCUT2D eigenvalue weighted by molar-refractivity contribution is -0.144. The number of carbonyl (C=O) groups is 1. The van der Waals surface area contributed by atoms with Gasteiger partial charge in [-0.25, -0.2) is 4.98 Å². The zero-order chi connectivity index (χ0) is 30.4. The van der Waals surface area contributed by atoms with E-state index in [2.05, 4.69) is 28.9 Å². The number of para-hydroxylation sites is 1. The van der Waals surface area contributed by atoms with Crippen molar-refractivity contribution >= 4 is 23.4 Å². The molecule has 3 fully saturated rings. The van der Waals surface area contributed by atoms with E-state index < -0.39 is 11.4 Å². The zero-order valence-electron chi connectivity index (χ0n) is 25.4. The molecule has 8 nitrogen and oxygen atoms in total. The number of carboxylic acid groups (broad SMARTS) is 1. The minimum atomic E-state index is -0.756. The van der Waals surface area contributed by atoms with Crippen molar-refractivity contribution in [1.29, 1.82) is 0 Å². The summed E-state index contributed by atoms with van der Waals surface area (Å²) in [7, 11) is 1.62. The van der Waals surface area contributed by atoms with Gasteiger partial charge in [-0.1, -0.05) is 35.9 Å². The van der Waals surface area contributed by atoms with Gasteiger partial charge in [0.05, 0.1) is 28.8 Å². The predicted octanol–water partition coefficient (Wildman–Crippen LogP) is 5.75. The lowest BCUT2D eigenvalue weighted by atomic mass is 9.91. The number of benzene rings is 2. The monoisotopic (exact) mass is 617 g/mol. The smallest absolute Gasteiger partial charge is 0.312 e. The van der Waals surface area contributed by atoms with E-state index in [1.165, 1.54) is 16.7 Å². The average Bonchev–Trinajstić information content (AvgIpc) is 3.69. The Morgan fingerprint density at radius 3 is 2.80 bits per heavy atom. The first-order chi connectivity index (χ1) is 21.4. The molecule has 1 aromatic heterocycles. The number of aryl methyl sites for hydroxylation is 1. The number of aliphatic carboxylic acids is 1. The van der Waals surface area contributed by atoms with Gasteiger partial charge < -0.3 is 24.2 Å². The van der Waals surface area contributed by atoms with Crippen molar-refractivity contribution < 1.29 is 24.1 Å². The molecule has 2 saturated heterocycles. The summed E-state index contributed by atoms with van der Waals surface area (Å²) in [4.78, 5) is 22.0. The second kappa shape index (κ2) is 12.0. The second-order valence-corrected chi connectivity index (χ2v) is 13.2. The Labute approximate surface area is 263 Å². The molecule has 0 spiro atoms. The summed E-state index contributed by atoms with van der Waals surface area (Å²) >= 11 is 6.73. The van der Waals surface area contributed by atoms with Gasteiger partial charge in [0.2, 0.25) is 0 Å². The topological polar surface area (TPSA) is 84.4 Å². The molecule has 44 heavy (non-hydrogen) atoms. The summed E-state index contributed by atoms with van der Waals surface area (Å²) in [5, 5.41) is 10.6. The molecule has 0 amide bonds. The van der Waals surface area contributed by atoms with E-state index in [4.69, 9.17) is 30.8 Å². The fourth-order valence-electron chi connectivity index (χ4n) is 7.84. The van der Waals surface area contributed by atoms with E-state index in [0.29, 0.717) is 43.0 Å². The number of carboxylic acids is 1. The summed E-state index contributed by atoms with van der Waals surface area (Å²) in [6.07, 6.45) is 3.97. The molecule has 7 rings (SSSR count). The van der Waals surface area contributed by atoms with Crippen LogP contribution in [0.15, 0.2) is 48.5 Å². The third-order valence-corrected chi connectivity index (χ3v) is 10.6. The first-order valence-corrected chi connectivity index (χ1v) is 16.1. The van der Waals surface area contributed by atoms with Crippen LogP contribution in [0, 0.1) is 18.3 Å². The number of nitrogens with zero attached hydrogens (tertiary/aromatic N) is 3. The highest BCUT2D eigenvalue weighted by atomic mass is 35.5. The number of methoxy groups -OCH3 is 1. The molecule has 0 unspecified atom stereocenters. The number of hydrogen-bond acceptors (Lipinski definition) is 7. The van der Waals surface area contributed by atoms with E-state index in [9.17, 15) is 9.90 Å². The Morgan fingerprint density at radius 1 is 1.18 bits per heavy atom. The molecule has 0 radical (unpaired) electrons. The molecule has 232 valence electrons. The largest absolute Gasteiger partial charge is 0.487 e. The molecular formula is C35H40ClN3O5. The number of anilines is 1. The van der Waals surface area contributed by atoms with Crippen molar-refractivity contribution in [3.8, 4) is 17.0 Å². The van der Waals surface area contributed by atoms with Gasteiger partial charge in [-0.15, -0.1) is 0 Å². The maximum absolute atomic E-state index is 12.2. The number of fused-ring (bicyclic) bond motifs is 2. The third kappa shape index (κ3) is 5.26. The lowest BCUT2D eigenvalue weighted by Gasteiger charge is -2.38. The maximum atomic E-state index is 12.2. The quantitative estimate of drug-likeness (QED) is 0.325. The summed E-state index contributed by atoms with van der Waals surface area (Å²) < 4.78 is 17.5. The zero-order valence-corrected chi connectivity index (χ0v) is 26.2. The summed E-state index contributed by atoms with van der Waals surface area (Å²) in [5.41, 5.74) is 6.08.